The van der Waals surface area contributed by atoms with E-state index < -0.39 is 0 Å². The van der Waals surface area contributed by atoms with Gasteiger partial charge in [0.15, 0.2) is 0 Å². The Morgan fingerprint density at radius 3 is 3.04 bits per heavy atom. The first-order valence-electron chi connectivity index (χ1n) is 8.92. The summed E-state index contributed by atoms with van der Waals surface area (Å²) in [5.74, 6) is 0. The number of aryl methyl sites for hydroxylation is 1. The van der Waals surface area contributed by atoms with Gasteiger partial charge in [-0.05, 0) is 44.0 Å². The first kappa shape index (κ1) is 16.3. The first-order chi connectivity index (χ1) is 12.1. The third-order valence-electron chi connectivity index (χ3n) is 4.93. The smallest absolute Gasteiger partial charge is 0.114 e. The Hall–Kier alpha value is -2.18. The normalized spacial score (nSPS) is 20.8. The second-order valence-electron chi connectivity index (χ2n) is 7.04. The average molecular weight is 339 g/mol. The number of fused-ring (bicyclic) bond motifs is 1. The molecular formula is C19H25N5O. The van der Waals surface area contributed by atoms with Gasteiger partial charge in [-0.25, -0.2) is 4.98 Å². The molecule has 1 aromatic carbocycles. The maximum Gasteiger partial charge on any atom is 0.114 e. The fourth-order valence-corrected chi connectivity index (χ4v) is 3.61. The van der Waals surface area contributed by atoms with Gasteiger partial charge in [-0.2, -0.15) is 5.10 Å². The molecule has 1 saturated heterocycles. The monoisotopic (exact) mass is 339 g/mol. The molecule has 2 aromatic heterocycles. The summed E-state index contributed by atoms with van der Waals surface area (Å²) in [4.78, 5) is 4.44. The molecule has 132 valence electrons. The van der Waals surface area contributed by atoms with Gasteiger partial charge in [-0.1, -0.05) is 6.07 Å². The Morgan fingerprint density at radius 1 is 1.32 bits per heavy atom. The van der Waals surface area contributed by atoms with Gasteiger partial charge in [0.25, 0.3) is 0 Å². The zero-order valence-electron chi connectivity index (χ0n) is 15.0. The quantitative estimate of drug-likeness (QED) is 0.776. The Kier molecular flexibility index (Phi) is 4.31. The van der Waals surface area contributed by atoms with Gasteiger partial charge in [-0.3, -0.25) is 4.68 Å². The number of nitrogens with zero attached hydrogens (tertiary/aromatic N) is 4. The van der Waals surface area contributed by atoms with Crippen LogP contribution in [0.5, 0.6) is 0 Å². The molecule has 3 heterocycles. The summed E-state index contributed by atoms with van der Waals surface area (Å²) in [6, 6.07) is 9.17. The third-order valence-corrected chi connectivity index (χ3v) is 4.93. The highest BCUT2D eigenvalue weighted by atomic mass is 16.5. The van der Waals surface area contributed by atoms with Crippen molar-refractivity contribution in [2.75, 3.05) is 6.61 Å². The number of nitrogens with one attached hydrogen (secondary N) is 1. The van der Waals surface area contributed by atoms with E-state index in [-0.39, 0.29) is 6.10 Å². The number of rotatable bonds is 5. The molecular weight excluding hydrogens is 314 g/mol. The van der Waals surface area contributed by atoms with E-state index in [2.05, 4.69) is 58.2 Å². The van der Waals surface area contributed by atoms with Crippen LogP contribution in [0.25, 0.3) is 11.0 Å². The van der Waals surface area contributed by atoms with E-state index in [0.29, 0.717) is 12.1 Å². The van der Waals surface area contributed by atoms with Crippen LogP contribution in [0.4, 0.5) is 0 Å². The maximum absolute atomic E-state index is 6.02. The zero-order chi connectivity index (χ0) is 17.4. The standard InChI is InChI=1S/C19H25N5O/c1-13(2)24-18(6-8-22-24)19-15(7-9-25-19)20-11-14-4-5-17-16(10-14)21-12-23(17)3/h4-6,8,10,12-13,15,19-20H,7,9,11H2,1-3H3/t15-,19-/m0/s1. The lowest BCUT2D eigenvalue weighted by Crippen LogP contribution is -2.32. The SMILES string of the molecule is CC(C)n1nccc1[C@H]1OCC[C@@H]1NCc1ccc2c(c1)ncn2C. The summed E-state index contributed by atoms with van der Waals surface area (Å²) in [5, 5.41) is 8.12. The van der Waals surface area contributed by atoms with Gasteiger partial charge in [0.2, 0.25) is 0 Å². The Balaban J connectivity index is 1.48. The number of hydrogen-bond donors (Lipinski definition) is 1. The highest BCUT2D eigenvalue weighted by molar-refractivity contribution is 5.75. The molecule has 6 nitrogen and oxygen atoms in total. The number of aromatic nitrogens is 4. The second kappa shape index (κ2) is 6.61. The van der Waals surface area contributed by atoms with Crippen LogP contribution in [0.15, 0.2) is 36.8 Å². The molecule has 0 aliphatic carbocycles. The van der Waals surface area contributed by atoms with Gasteiger partial charge in [0.05, 0.1) is 23.1 Å². The van der Waals surface area contributed by atoms with Gasteiger partial charge in [0.1, 0.15) is 6.10 Å². The molecule has 6 heteroatoms. The summed E-state index contributed by atoms with van der Waals surface area (Å²) in [5.41, 5.74) is 4.60. The molecule has 25 heavy (non-hydrogen) atoms. The van der Waals surface area contributed by atoms with E-state index in [9.17, 15) is 0 Å². The first-order valence-corrected chi connectivity index (χ1v) is 8.92. The highest BCUT2D eigenvalue weighted by Crippen LogP contribution is 2.30. The van der Waals surface area contributed by atoms with Crippen molar-refractivity contribution in [2.24, 2.45) is 7.05 Å². The predicted molar refractivity (Wildman–Crippen MR) is 97.3 cm³/mol. The van der Waals surface area contributed by atoms with E-state index in [1.807, 2.05) is 24.1 Å². The molecule has 0 unspecified atom stereocenters. The van der Waals surface area contributed by atoms with E-state index in [4.69, 9.17) is 4.74 Å². The number of benzene rings is 1. The van der Waals surface area contributed by atoms with Crippen molar-refractivity contribution in [2.45, 2.75) is 45.0 Å². The minimum absolute atomic E-state index is 0.0588. The Bertz CT molecular complexity index is 866. The van der Waals surface area contributed by atoms with Crippen molar-refractivity contribution >= 4 is 11.0 Å². The molecule has 0 bridgehead atoms. The molecule has 0 amide bonds. The van der Waals surface area contributed by atoms with Crippen LogP contribution in [0.2, 0.25) is 0 Å². The van der Waals surface area contributed by atoms with Crippen LogP contribution in [0.3, 0.4) is 0 Å². The fraction of sp³-hybridized carbons (Fsp3) is 0.474. The largest absolute Gasteiger partial charge is 0.370 e. The summed E-state index contributed by atoms with van der Waals surface area (Å²) in [6.45, 7) is 5.89. The van der Waals surface area contributed by atoms with Crippen molar-refractivity contribution in [3.05, 3.63) is 48.0 Å². The minimum atomic E-state index is 0.0588. The van der Waals surface area contributed by atoms with Crippen LogP contribution in [0, 0.1) is 0 Å². The number of hydrogen-bond acceptors (Lipinski definition) is 4. The summed E-state index contributed by atoms with van der Waals surface area (Å²) < 4.78 is 10.1. The molecule has 1 aliphatic heterocycles. The molecule has 0 spiro atoms. The average Bonchev–Trinajstić information content (AvgIpc) is 3.32. The van der Waals surface area contributed by atoms with Crippen LogP contribution in [-0.4, -0.2) is 32.0 Å². The maximum atomic E-state index is 6.02. The number of imidazole rings is 1. The van der Waals surface area contributed by atoms with Crippen molar-refractivity contribution in [3.63, 3.8) is 0 Å². The van der Waals surface area contributed by atoms with Gasteiger partial charge < -0.3 is 14.6 Å². The summed E-state index contributed by atoms with van der Waals surface area (Å²) >= 11 is 0. The topological polar surface area (TPSA) is 56.9 Å². The van der Waals surface area contributed by atoms with Gasteiger partial charge in [-0.15, -0.1) is 0 Å². The Morgan fingerprint density at radius 2 is 2.20 bits per heavy atom. The molecule has 1 fully saturated rings. The molecule has 0 saturated carbocycles. The van der Waals surface area contributed by atoms with E-state index >= 15 is 0 Å². The van der Waals surface area contributed by atoms with Crippen LogP contribution < -0.4 is 5.32 Å². The lowest BCUT2D eigenvalue weighted by Gasteiger charge is -2.22. The van der Waals surface area contributed by atoms with Crippen molar-refractivity contribution in [1.29, 1.82) is 0 Å². The summed E-state index contributed by atoms with van der Waals surface area (Å²) in [7, 11) is 2.02. The van der Waals surface area contributed by atoms with E-state index in [1.165, 1.54) is 5.56 Å². The third kappa shape index (κ3) is 3.07. The van der Waals surface area contributed by atoms with Crippen LogP contribution in [0.1, 0.15) is 43.7 Å². The molecule has 1 N–H and O–H groups in total. The lowest BCUT2D eigenvalue weighted by molar-refractivity contribution is 0.0899. The second-order valence-corrected chi connectivity index (χ2v) is 7.04. The lowest BCUT2D eigenvalue weighted by atomic mass is 10.1. The predicted octanol–water partition coefficient (Wildman–Crippen LogP) is 2.97. The fourth-order valence-electron chi connectivity index (χ4n) is 3.61. The van der Waals surface area contributed by atoms with Crippen molar-refractivity contribution < 1.29 is 4.74 Å². The van der Waals surface area contributed by atoms with Gasteiger partial charge >= 0.3 is 0 Å². The molecule has 0 radical (unpaired) electrons. The molecule has 3 aromatic rings. The highest BCUT2D eigenvalue weighted by Gasteiger charge is 2.32. The van der Waals surface area contributed by atoms with Crippen LogP contribution in [-0.2, 0) is 18.3 Å². The van der Waals surface area contributed by atoms with Crippen molar-refractivity contribution in [3.8, 4) is 0 Å². The van der Waals surface area contributed by atoms with E-state index in [1.54, 1.807) is 0 Å². The molecule has 1 aliphatic rings. The zero-order valence-corrected chi connectivity index (χ0v) is 15.0. The van der Waals surface area contributed by atoms with Crippen molar-refractivity contribution in [1.82, 2.24) is 24.6 Å². The number of ether oxygens (including phenoxy) is 1. The van der Waals surface area contributed by atoms with E-state index in [0.717, 1.165) is 36.3 Å². The molecule has 4 rings (SSSR count). The minimum Gasteiger partial charge on any atom is -0.370 e. The van der Waals surface area contributed by atoms with Crippen LogP contribution >= 0.6 is 0 Å². The Labute approximate surface area is 147 Å². The molecule has 2 atom stereocenters. The van der Waals surface area contributed by atoms with Gasteiger partial charge in [0, 0.05) is 38.5 Å². The summed E-state index contributed by atoms with van der Waals surface area (Å²) in [6.07, 6.45) is 4.79.